The topological polar surface area (TPSA) is 126 Å². The van der Waals surface area contributed by atoms with Crippen molar-refractivity contribution in [3.63, 3.8) is 0 Å². The van der Waals surface area contributed by atoms with Crippen LogP contribution in [0.5, 0.6) is 23.3 Å². The molecule has 10 nitrogen and oxygen atoms in total. The summed E-state index contributed by atoms with van der Waals surface area (Å²) in [6.45, 7) is 8.23. The molecule has 0 spiro atoms. The van der Waals surface area contributed by atoms with Gasteiger partial charge in [-0.25, -0.2) is 19.7 Å². The van der Waals surface area contributed by atoms with Crippen molar-refractivity contribution in [2.45, 2.75) is 59.3 Å². The van der Waals surface area contributed by atoms with Crippen LogP contribution in [-0.4, -0.2) is 44.1 Å². The molecule has 0 aliphatic rings. The molecule has 4 rings (SSSR count). The van der Waals surface area contributed by atoms with Crippen molar-refractivity contribution in [3.8, 4) is 45.8 Å². The Kier molecular flexibility index (Phi) is 8.59. The van der Waals surface area contributed by atoms with Crippen molar-refractivity contribution < 1.29 is 46.4 Å². The zero-order valence-corrected chi connectivity index (χ0v) is 23.4. The summed E-state index contributed by atoms with van der Waals surface area (Å²) in [4.78, 5) is 24.3. The van der Waals surface area contributed by atoms with Gasteiger partial charge in [-0.3, -0.25) is 0 Å². The Morgan fingerprint density at radius 3 is 2.19 bits per heavy atom. The molecule has 42 heavy (non-hydrogen) atoms. The number of benzene rings is 2. The lowest BCUT2D eigenvalue weighted by Gasteiger charge is -2.22. The van der Waals surface area contributed by atoms with E-state index < -0.39 is 17.9 Å². The van der Waals surface area contributed by atoms with E-state index in [9.17, 15) is 23.1 Å². The van der Waals surface area contributed by atoms with Gasteiger partial charge >= 0.3 is 18.3 Å². The van der Waals surface area contributed by atoms with Crippen molar-refractivity contribution in [3.05, 3.63) is 66.3 Å². The smallest absolute Gasteiger partial charge is 0.484 e. The Labute approximate surface area is 239 Å². The van der Waals surface area contributed by atoms with E-state index >= 15 is 0 Å². The number of carboxylic acids is 1. The Morgan fingerprint density at radius 2 is 1.62 bits per heavy atom. The number of carboxylic acid groups (broad SMARTS) is 1. The van der Waals surface area contributed by atoms with Gasteiger partial charge in [0.15, 0.2) is 18.0 Å². The first-order valence-corrected chi connectivity index (χ1v) is 12.7. The molecule has 1 N–H and O–H groups in total. The second kappa shape index (κ2) is 12.0. The zero-order chi connectivity index (χ0) is 30.7. The number of nitrogens with zero attached hydrogens (tertiary/aromatic N) is 3. The minimum Gasteiger partial charge on any atom is -0.484 e. The van der Waals surface area contributed by atoms with Gasteiger partial charge in [0.25, 0.3) is 0 Å². The first-order valence-electron chi connectivity index (χ1n) is 12.7. The van der Waals surface area contributed by atoms with E-state index in [4.69, 9.17) is 18.6 Å². The van der Waals surface area contributed by atoms with Crippen LogP contribution in [0, 0.1) is 6.92 Å². The number of carbonyl (C=O) groups is 1. The molecule has 0 bridgehead atoms. The molecule has 222 valence electrons. The van der Waals surface area contributed by atoms with Crippen molar-refractivity contribution in [1.29, 1.82) is 0 Å². The highest BCUT2D eigenvalue weighted by Crippen LogP contribution is 2.35. The summed E-state index contributed by atoms with van der Waals surface area (Å²) < 4.78 is 64.8. The predicted octanol–water partition coefficient (Wildman–Crippen LogP) is 6.61. The van der Waals surface area contributed by atoms with Crippen LogP contribution in [0.1, 0.15) is 39.1 Å². The van der Waals surface area contributed by atoms with Gasteiger partial charge in [-0.15, -0.1) is 13.2 Å². The fourth-order valence-electron chi connectivity index (χ4n) is 3.66. The number of hydrogen-bond donors (Lipinski definition) is 1. The fourth-order valence-corrected chi connectivity index (χ4v) is 3.66. The molecule has 0 aliphatic carbocycles. The summed E-state index contributed by atoms with van der Waals surface area (Å²) >= 11 is 0. The summed E-state index contributed by atoms with van der Waals surface area (Å²) in [7, 11) is 0. The molecule has 2 aromatic heterocycles. The summed E-state index contributed by atoms with van der Waals surface area (Å²) in [5.74, 6) is -0.232. The molecule has 0 fully saturated rings. The second-order valence-electron chi connectivity index (χ2n) is 9.91. The molecular weight excluding hydrogens is 559 g/mol. The van der Waals surface area contributed by atoms with Crippen LogP contribution < -0.4 is 18.9 Å². The molecule has 0 aliphatic heterocycles. The minimum atomic E-state index is -4.82. The van der Waals surface area contributed by atoms with E-state index in [1.165, 1.54) is 50.5 Å². The fraction of sp³-hybridized carbons (Fsp3) is 0.310. The number of alkyl halides is 3. The Balaban J connectivity index is 1.60. The second-order valence-corrected chi connectivity index (χ2v) is 9.91. The highest BCUT2D eigenvalue weighted by molar-refractivity contribution is 5.77. The number of aromatic nitrogens is 3. The molecule has 0 atom stereocenters. The minimum absolute atomic E-state index is 0.0979. The normalized spacial score (nSPS) is 11.8. The van der Waals surface area contributed by atoms with Gasteiger partial charge < -0.3 is 28.5 Å². The summed E-state index contributed by atoms with van der Waals surface area (Å²) in [5.41, 5.74) is 0.505. The van der Waals surface area contributed by atoms with Crippen LogP contribution in [0.3, 0.4) is 0 Å². The number of aliphatic carboxylic acids is 1. The SMILES string of the molecule is Cc1cc(OC(C)(C)C(=O)O)ccc1OCc1nc(-c2cnc(OC(C)C)nc2)c(-c2ccc(OC(F)(F)F)cc2)o1. The van der Waals surface area contributed by atoms with E-state index in [0.29, 0.717) is 33.9 Å². The number of halogens is 3. The van der Waals surface area contributed by atoms with E-state index in [1.54, 1.807) is 25.1 Å². The molecule has 0 unspecified atom stereocenters. The third-order valence-corrected chi connectivity index (χ3v) is 5.65. The van der Waals surface area contributed by atoms with Crippen LogP contribution >= 0.6 is 0 Å². The summed E-state index contributed by atoms with van der Waals surface area (Å²) in [6.07, 6.45) is -1.96. The monoisotopic (exact) mass is 587 g/mol. The third-order valence-electron chi connectivity index (χ3n) is 5.65. The van der Waals surface area contributed by atoms with Gasteiger partial charge in [0.05, 0.1) is 6.10 Å². The highest BCUT2D eigenvalue weighted by Gasteiger charge is 2.31. The van der Waals surface area contributed by atoms with Crippen molar-refractivity contribution in [2.24, 2.45) is 0 Å². The highest BCUT2D eigenvalue weighted by atomic mass is 19.4. The van der Waals surface area contributed by atoms with Crippen LogP contribution in [0.4, 0.5) is 13.2 Å². The largest absolute Gasteiger partial charge is 0.573 e. The Hall–Kier alpha value is -4.81. The quantitative estimate of drug-likeness (QED) is 0.205. The zero-order valence-electron chi connectivity index (χ0n) is 23.4. The van der Waals surface area contributed by atoms with E-state index in [2.05, 4.69) is 19.7 Å². The van der Waals surface area contributed by atoms with E-state index in [-0.39, 0.29) is 36.1 Å². The van der Waals surface area contributed by atoms with Crippen LogP contribution in [0.25, 0.3) is 22.6 Å². The number of hydrogen-bond acceptors (Lipinski definition) is 9. The van der Waals surface area contributed by atoms with Crippen LogP contribution in [0.15, 0.2) is 59.3 Å². The first-order chi connectivity index (χ1) is 19.7. The van der Waals surface area contributed by atoms with Crippen LogP contribution in [0.2, 0.25) is 0 Å². The molecule has 0 saturated carbocycles. The average Bonchev–Trinajstić information content (AvgIpc) is 3.32. The molecule has 0 radical (unpaired) electrons. The molecule has 4 aromatic rings. The molecule has 13 heteroatoms. The number of oxazole rings is 1. The van der Waals surface area contributed by atoms with Gasteiger partial charge in [-0.1, -0.05) is 0 Å². The van der Waals surface area contributed by atoms with Gasteiger partial charge in [-0.05, 0) is 82.6 Å². The van der Waals surface area contributed by atoms with Crippen molar-refractivity contribution >= 4 is 5.97 Å². The van der Waals surface area contributed by atoms with Crippen molar-refractivity contribution in [2.75, 3.05) is 0 Å². The molecule has 2 aromatic carbocycles. The third kappa shape index (κ3) is 7.68. The molecular formula is C29H28F3N3O7. The van der Waals surface area contributed by atoms with E-state index in [1.807, 2.05) is 13.8 Å². The number of rotatable bonds is 11. The van der Waals surface area contributed by atoms with Crippen molar-refractivity contribution in [1.82, 2.24) is 15.0 Å². The molecule has 2 heterocycles. The maximum Gasteiger partial charge on any atom is 0.573 e. The lowest BCUT2D eigenvalue weighted by molar-refractivity contribution is -0.274. The van der Waals surface area contributed by atoms with Gasteiger partial charge in [0, 0.05) is 23.5 Å². The summed E-state index contributed by atoms with van der Waals surface area (Å²) in [5, 5.41) is 9.30. The lowest BCUT2D eigenvalue weighted by Crippen LogP contribution is -2.37. The van der Waals surface area contributed by atoms with E-state index in [0.717, 1.165) is 0 Å². The molecule has 0 saturated heterocycles. The predicted molar refractivity (Wildman–Crippen MR) is 143 cm³/mol. The molecule has 0 amide bonds. The number of ether oxygens (including phenoxy) is 4. The maximum atomic E-state index is 12.6. The maximum absolute atomic E-state index is 12.6. The van der Waals surface area contributed by atoms with Gasteiger partial charge in [-0.2, -0.15) is 0 Å². The van der Waals surface area contributed by atoms with Gasteiger partial charge in [0.2, 0.25) is 5.89 Å². The summed E-state index contributed by atoms with van der Waals surface area (Å²) in [6, 6.07) is 10.2. The average molecular weight is 588 g/mol. The number of aryl methyl sites for hydroxylation is 1. The Bertz CT molecular complexity index is 1530. The van der Waals surface area contributed by atoms with Gasteiger partial charge in [0.1, 0.15) is 22.9 Å². The standard InChI is InChI=1S/C29H28F3N3O7/c1-16(2)39-27-33-13-19(14-34-27)24-25(18-6-8-20(9-7-18)42-29(30,31)32)40-23(35-24)15-38-22-11-10-21(12-17(22)3)41-28(4,5)26(36)37/h6-14,16H,15H2,1-5H3,(H,36,37). The van der Waals surface area contributed by atoms with Crippen LogP contribution in [-0.2, 0) is 11.4 Å². The first kappa shape index (κ1) is 30.2. The Morgan fingerprint density at radius 1 is 0.976 bits per heavy atom. The lowest BCUT2D eigenvalue weighted by atomic mass is 10.1.